The fraction of sp³-hybridized carbons (Fsp3) is 0.607. The third kappa shape index (κ3) is 2.65. The van der Waals surface area contributed by atoms with Gasteiger partial charge in [0.05, 0.1) is 5.56 Å². The molecule has 5 atom stereocenters. The average Bonchev–Trinajstić information content (AvgIpc) is 3.48. The van der Waals surface area contributed by atoms with Crippen molar-refractivity contribution in [2.24, 2.45) is 28.6 Å². The Morgan fingerprint density at radius 2 is 1.80 bits per heavy atom. The van der Waals surface area contributed by atoms with Crippen LogP contribution in [0.4, 0.5) is 0 Å². The summed E-state index contributed by atoms with van der Waals surface area (Å²) in [7, 11) is 0. The van der Waals surface area contributed by atoms with Gasteiger partial charge in [0.1, 0.15) is 5.60 Å². The smallest absolute Gasteiger partial charge is 0.338 e. The predicted molar refractivity (Wildman–Crippen MR) is 119 cm³/mol. The Kier molecular flexibility index (Phi) is 4.00. The first-order valence-electron chi connectivity index (χ1n) is 12.1. The van der Waals surface area contributed by atoms with Gasteiger partial charge < -0.3 is 4.74 Å². The molecule has 1 spiro atoms. The summed E-state index contributed by atoms with van der Waals surface area (Å²) in [6.45, 7) is 4.72. The Bertz CT molecular complexity index is 937. The number of carbonyl (C=O) groups is 1. The van der Waals surface area contributed by atoms with E-state index in [1.807, 2.05) is 30.3 Å². The molecule has 0 bridgehead atoms. The van der Waals surface area contributed by atoms with Crippen LogP contribution in [0.1, 0.15) is 82.0 Å². The van der Waals surface area contributed by atoms with E-state index in [4.69, 9.17) is 4.74 Å². The van der Waals surface area contributed by atoms with Crippen LogP contribution in [0.3, 0.4) is 0 Å². The van der Waals surface area contributed by atoms with E-state index in [1.54, 1.807) is 5.57 Å². The first kappa shape index (κ1) is 18.9. The van der Waals surface area contributed by atoms with E-state index in [0.717, 1.165) is 36.0 Å². The Balaban J connectivity index is 1.22. The quantitative estimate of drug-likeness (QED) is 0.504. The van der Waals surface area contributed by atoms with Crippen LogP contribution >= 0.6 is 0 Å². The molecule has 2 heteroatoms. The molecular weight excluding hydrogens is 368 g/mol. The lowest BCUT2D eigenvalue weighted by Crippen LogP contribution is -2.45. The molecule has 5 aliphatic carbocycles. The van der Waals surface area contributed by atoms with E-state index in [0.29, 0.717) is 11.0 Å². The Hall–Kier alpha value is -1.83. The van der Waals surface area contributed by atoms with Crippen molar-refractivity contribution in [1.82, 2.24) is 0 Å². The number of allylic oxidation sites excluding steroid dienone is 2. The van der Waals surface area contributed by atoms with Gasteiger partial charge in [-0.3, -0.25) is 0 Å². The Labute approximate surface area is 180 Å². The summed E-state index contributed by atoms with van der Waals surface area (Å²) in [5.41, 5.74) is 4.53. The monoisotopic (exact) mass is 402 g/mol. The number of hydrogen-bond donors (Lipinski definition) is 0. The van der Waals surface area contributed by atoms with E-state index < -0.39 is 5.60 Å². The summed E-state index contributed by atoms with van der Waals surface area (Å²) in [4.78, 5) is 12.7. The molecule has 0 aromatic heterocycles. The van der Waals surface area contributed by atoms with Crippen LogP contribution in [-0.4, -0.2) is 11.6 Å². The second-order valence-corrected chi connectivity index (χ2v) is 11.3. The molecule has 0 N–H and O–H groups in total. The maximum atomic E-state index is 12.7. The van der Waals surface area contributed by atoms with Crippen LogP contribution in [0.25, 0.3) is 0 Å². The SMILES string of the molecule is CC1(OC(=O)c2ccccc2)C=C2CCC3C(CCC4(C)C3CCC43CC3)C2=CC1. The molecule has 6 rings (SSSR count). The molecule has 0 aliphatic heterocycles. The zero-order valence-electron chi connectivity index (χ0n) is 18.5. The predicted octanol–water partition coefficient (Wildman–Crippen LogP) is 6.88. The van der Waals surface area contributed by atoms with Gasteiger partial charge in [-0.25, -0.2) is 4.79 Å². The number of carbonyl (C=O) groups excluding carboxylic acids is 1. The van der Waals surface area contributed by atoms with Gasteiger partial charge in [-0.05, 0) is 116 Å². The molecule has 30 heavy (non-hydrogen) atoms. The van der Waals surface area contributed by atoms with Gasteiger partial charge >= 0.3 is 5.97 Å². The molecule has 0 saturated heterocycles. The summed E-state index contributed by atoms with van der Waals surface area (Å²) < 4.78 is 6.01. The molecule has 4 saturated carbocycles. The minimum absolute atomic E-state index is 0.213. The summed E-state index contributed by atoms with van der Waals surface area (Å²) in [5, 5.41) is 0. The zero-order valence-corrected chi connectivity index (χ0v) is 18.5. The van der Waals surface area contributed by atoms with Gasteiger partial charge in [-0.1, -0.05) is 31.2 Å². The second kappa shape index (κ2) is 6.34. The van der Waals surface area contributed by atoms with Crippen LogP contribution in [-0.2, 0) is 4.74 Å². The molecular formula is C28H34O2. The van der Waals surface area contributed by atoms with Crippen molar-refractivity contribution < 1.29 is 9.53 Å². The van der Waals surface area contributed by atoms with E-state index in [-0.39, 0.29) is 5.97 Å². The van der Waals surface area contributed by atoms with Crippen molar-refractivity contribution in [3.63, 3.8) is 0 Å². The van der Waals surface area contributed by atoms with Crippen LogP contribution in [0.15, 0.2) is 53.6 Å². The van der Waals surface area contributed by atoms with Crippen LogP contribution in [0.2, 0.25) is 0 Å². The highest BCUT2D eigenvalue weighted by molar-refractivity contribution is 5.89. The summed E-state index contributed by atoms with van der Waals surface area (Å²) >= 11 is 0. The third-order valence-corrected chi connectivity index (χ3v) is 9.89. The van der Waals surface area contributed by atoms with E-state index in [9.17, 15) is 4.79 Å². The standard InChI is InChI=1S/C28H34O2/c1-26(30-25(29)19-6-4-3-5-7-19)13-10-21-20(18-26)8-9-23-22(21)11-14-27(2)24(23)12-15-28(27)16-17-28/h3-7,10,18,22-24H,8-9,11-17H2,1-2H3. The van der Waals surface area contributed by atoms with Crippen molar-refractivity contribution in [3.8, 4) is 0 Å². The molecule has 5 aliphatic rings. The number of fused-ring (bicyclic) bond motifs is 6. The van der Waals surface area contributed by atoms with Crippen LogP contribution < -0.4 is 0 Å². The van der Waals surface area contributed by atoms with Gasteiger partial charge in [-0.15, -0.1) is 0 Å². The molecule has 0 amide bonds. The zero-order chi connectivity index (χ0) is 20.6. The maximum Gasteiger partial charge on any atom is 0.338 e. The van der Waals surface area contributed by atoms with Gasteiger partial charge in [0, 0.05) is 6.42 Å². The van der Waals surface area contributed by atoms with Crippen molar-refractivity contribution >= 4 is 5.97 Å². The average molecular weight is 403 g/mol. The number of rotatable bonds is 2. The number of esters is 1. The highest BCUT2D eigenvalue weighted by Crippen LogP contribution is 2.75. The van der Waals surface area contributed by atoms with Gasteiger partial charge in [0.15, 0.2) is 0 Å². The molecule has 0 heterocycles. The maximum absolute atomic E-state index is 12.7. The summed E-state index contributed by atoms with van der Waals surface area (Å²) in [6.07, 6.45) is 16.8. The molecule has 2 nitrogen and oxygen atoms in total. The normalized spacial score (nSPS) is 40.5. The third-order valence-electron chi connectivity index (χ3n) is 9.89. The number of ether oxygens (including phenoxy) is 1. The first-order valence-corrected chi connectivity index (χ1v) is 12.1. The van der Waals surface area contributed by atoms with E-state index in [1.165, 1.54) is 50.5 Å². The van der Waals surface area contributed by atoms with Crippen LogP contribution in [0.5, 0.6) is 0 Å². The summed E-state index contributed by atoms with van der Waals surface area (Å²) in [6, 6.07) is 9.38. The lowest BCUT2D eigenvalue weighted by molar-refractivity contribution is 0.00104. The largest absolute Gasteiger partial charge is 0.451 e. The van der Waals surface area contributed by atoms with Crippen molar-refractivity contribution in [2.75, 3.05) is 0 Å². The van der Waals surface area contributed by atoms with E-state index in [2.05, 4.69) is 26.0 Å². The number of hydrogen-bond acceptors (Lipinski definition) is 2. The highest BCUT2D eigenvalue weighted by Gasteiger charge is 2.66. The molecule has 0 radical (unpaired) electrons. The molecule has 4 fully saturated rings. The fourth-order valence-electron chi connectivity index (χ4n) is 8.08. The van der Waals surface area contributed by atoms with Gasteiger partial charge in [-0.2, -0.15) is 0 Å². The molecule has 5 unspecified atom stereocenters. The minimum Gasteiger partial charge on any atom is -0.451 e. The van der Waals surface area contributed by atoms with Crippen molar-refractivity contribution in [2.45, 2.75) is 77.2 Å². The minimum atomic E-state index is -0.521. The van der Waals surface area contributed by atoms with E-state index >= 15 is 0 Å². The lowest BCUT2D eigenvalue weighted by atomic mass is 9.52. The molecule has 158 valence electrons. The van der Waals surface area contributed by atoms with Gasteiger partial charge in [0.25, 0.3) is 0 Å². The Morgan fingerprint density at radius 1 is 1.00 bits per heavy atom. The Morgan fingerprint density at radius 3 is 2.57 bits per heavy atom. The highest BCUT2D eigenvalue weighted by atomic mass is 16.6. The van der Waals surface area contributed by atoms with Gasteiger partial charge in [0.2, 0.25) is 0 Å². The number of benzene rings is 1. The second-order valence-electron chi connectivity index (χ2n) is 11.3. The molecule has 1 aromatic rings. The summed E-state index contributed by atoms with van der Waals surface area (Å²) in [5.74, 6) is 2.34. The lowest BCUT2D eigenvalue weighted by Gasteiger charge is -2.53. The fourth-order valence-corrected chi connectivity index (χ4v) is 8.08. The van der Waals surface area contributed by atoms with Crippen molar-refractivity contribution in [1.29, 1.82) is 0 Å². The molecule has 1 aromatic carbocycles. The van der Waals surface area contributed by atoms with Crippen molar-refractivity contribution in [3.05, 3.63) is 59.2 Å². The first-order chi connectivity index (χ1) is 14.4. The topological polar surface area (TPSA) is 26.3 Å². The van der Waals surface area contributed by atoms with Crippen LogP contribution in [0, 0.1) is 28.6 Å².